The number of likely N-dealkylation sites (tertiary alicyclic amines) is 1. The van der Waals surface area contributed by atoms with Gasteiger partial charge in [0.1, 0.15) is 0 Å². The molecule has 7 heteroatoms. The molecule has 128 valence electrons. The van der Waals surface area contributed by atoms with E-state index in [-0.39, 0.29) is 11.9 Å². The lowest BCUT2D eigenvalue weighted by Crippen LogP contribution is -2.33. The van der Waals surface area contributed by atoms with Gasteiger partial charge in [-0.1, -0.05) is 23.2 Å². The average molecular weight is 367 g/mol. The molecule has 1 aromatic carbocycles. The minimum absolute atomic E-state index is 0.0896. The Morgan fingerprint density at radius 1 is 1.38 bits per heavy atom. The maximum absolute atomic E-state index is 12.5. The summed E-state index contributed by atoms with van der Waals surface area (Å²) in [6.45, 7) is 5.22. The average Bonchev–Trinajstić information content (AvgIpc) is 3.06. The lowest BCUT2D eigenvalue weighted by molar-refractivity contribution is -0.129. The number of nitrogens with zero attached hydrogens (tertiary/aromatic N) is 3. The van der Waals surface area contributed by atoms with Crippen LogP contribution < -0.4 is 5.73 Å². The van der Waals surface area contributed by atoms with Crippen molar-refractivity contribution in [3.8, 4) is 5.69 Å². The Morgan fingerprint density at radius 2 is 2.12 bits per heavy atom. The Hall–Kier alpha value is -1.56. The summed E-state index contributed by atoms with van der Waals surface area (Å²) in [7, 11) is 0. The molecule has 1 amide bonds. The third-order valence-electron chi connectivity index (χ3n) is 4.48. The predicted octanol–water partition coefficient (Wildman–Crippen LogP) is 2.90. The van der Waals surface area contributed by atoms with Gasteiger partial charge < -0.3 is 10.6 Å². The quantitative estimate of drug-likeness (QED) is 0.907. The van der Waals surface area contributed by atoms with Crippen molar-refractivity contribution in [2.24, 2.45) is 5.73 Å². The summed E-state index contributed by atoms with van der Waals surface area (Å²) < 4.78 is 1.77. The molecular weight excluding hydrogens is 347 g/mol. The number of carbonyl (C=O) groups excluding carboxylic acids is 1. The molecule has 0 unspecified atom stereocenters. The van der Waals surface area contributed by atoms with Crippen molar-refractivity contribution in [2.75, 3.05) is 13.1 Å². The Bertz CT molecular complexity index is 787. The molecule has 2 N–H and O–H groups in total. The van der Waals surface area contributed by atoms with Crippen LogP contribution in [0.5, 0.6) is 0 Å². The molecule has 1 aliphatic heterocycles. The SMILES string of the molecule is Cc1nn(-c2ccc(Cl)cc2Cl)c(C)c1CC(=O)N1CC[C@@H](N)C1. The molecule has 0 bridgehead atoms. The fraction of sp³-hybridized carbons (Fsp3) is 0.412. The number of carbonyl (C=O) groups is 1. The molecule has 3 rings (SSSR count). The molecule has 1 fully saturated rings. The largest absolute Gasteiger partial charge is 0.341 e. The molecule has 1 aromatic heterocycles. The predicted molar refractivity (Wildman–Crippen MR) is 95.9 cm³/mol. The van der Waals surface area contributed by atoms with Crippen LogP contribution in [-0.4, -0.2) is 39.7 Å². The van der Waals surface area contributed by atoms with Crippen LogP contribution in [0.25, 0.3) is 5.69 Å². The van der Waals surface area contributed by atoms with Gasteiger partial charge >= 0.3 is 0 Å². The van der Waals surface area contributed by atoms with E-state index in [1.165, 1.54) is 0 Å². The Balaban J connectivity index is 1.88. The Labute approximate surface area is 151 Å². The molecular formula is C17H20Cl2N4O. The molecule has 0 saturated carbocycles. The number of nitrogens with two attached hydrogens (primary N) is 1. The number of rotatable bonds is 3. The summed E-state index contributed by atoms with van der Waals surface area (Å²) >= 11 is 12.2. The van der Waals surface area contributed by atoms with E-state index >= 15 is 0 Å². The standard InChI is InChI=1S/C17H20Cl2N4O/c1-10-14(8-17(24)22-6-5-13(20)9-22)11(2)23(21-10)16-4-3-12(18)7-15(16)19/h3-4,7,13H,5-6,8-9,20H2,1-2H3/t13-/m1/s1. The highest BCUT2D eigenvalue weighted by atomic mass is 35.5. The van der Waals surface area contributed by atoms with Gasteiger partial charge in [0, 0.05) is 35.4 Å². The second kappa shape index (κ2) is 6.75. The molecule has 0 spiro atoms. The number of hydrogen-bond acceptors (Lipinski definition) is 3. The van der Waals surface area contributed by atoms with Crippen LogP contribution in [0.3, 0.4) is 0 Å². The molecule has 2 aromatic rings. The van der Waals surface area contributed by atoms with E-state index in [1.807, 2.05) is 24.8 Å². The highest BCUT2D eigenvalue weighted by Gasteiger charge is 2.25. The van der Waals surface area contributed by atoms with Crippen molar-refractivity contribution in [3.05, 3.63) is 45.2 Å². The van der Waals surface area contributed by atoms with Gasteiger partial charge in [-0.2, -0.15) is 5.10 Å². The normalized spacial score (nSPS) is 17.5. The molecule has 1 atom stereocenters. The van der Waals surface area contributed by atoms with Crippen molar-refractivity contribution in [3.63, 3.8) is 0 Å². The molecule has 0 aliphatic carbocycles. The third kappa shape index (κ3) is 3.29. The van der Waals surface area contributed by atoms with Crippen molar-refractivity contribution in [1.29, 1.82) is 0 Å². The molecule has 24 heavy (non-hydrogen) atoms. The number of aromatic nitrogens is 2. The van der Waals surface area contributed by atoms with Crippen molar-refractivity contribution in [1.82, 2.24) is 14.7 Å². The lowest BCUT2D eigenvalue weighted by Gasteiger charge is -2.16. The van der Waals surface area contributed by atoms with Crippen LogP contribution in [0.2, 0.25) is 10.0 Å². The third-order valence-corrected chi connectivity index (χ3v) is 5.02. The van der Waals surface area contributed by atoms with Gasteiger partial charge in [-0.15, -0.1) is 0 Å². The number of halogens is 2. The van der Waals surface area contributed by atoms with Crippen LogP contribution in [0.15, 0.2) is 18.2 Å². The molecule has 1 saturated heterocycles. The van der Waals surface area contributed by atoms with Crippen molar-refractivity contribution in [2.45, 2.75) is 32.7 Å². The van der Waals surface area contributed by atoms with Gasteiger partial charge in [0.15, 0.2) is 0 Å². The van der Waals surface area contributed by atoms with Gasteiger partial charge in [-0.05, 0) is 38.5 Å². The zero-order valence-corrected chi connectivity index (χ0v) is 15.2. The summed E-state index contributed by atoms with van der Waals surface area (Å²) in [4.78, 5) is 14.3. The van der Waals surface area contributed by atoms with E-state index in [1.54, 1.807) is 16.8 Å². The first-order valence-electron chi connectivity index (χ1n) is 7.90. The van der Waals surface area contributed by atoms with E-state index in [0.717, 1.165) is 35.6 Å². The van der Waals surface area contributed by atoms with E-state index in [4.69, 9.17) is 28.9 Å². The molecule has 1 aliphatic rings. The van der Waals surface area contributed by atoms with Crippen LogP contribution in [0, 0.1) is 13.8 Å². The first kappa shape index (κ1) is 17.3. The minimum Gasteiger partial charge on any atom is -0.341 e. The number of amides is 1. The monoisotopic (exact) mass is 366 g/mol. The van der Waals surface area contributed by atoms with Crippen LogP contribution in [0.1, 0.15) is 23.4 Å². The zero-order chi connectivity index (χ0) is 17.4. The van der Waals surface area contributed by atoms with Crippen LogP contribution in [-0.2, 0) is 11.2 Å². The Morgan fingerprint density at radius 3 is 2.75 bits per heavy atom. The van der Waals surface area contributed by atoms with Gasteiger partial charge in [0.05, 0.1) is 22.8 Å². The first-order valence-corrected chi connectivity index (χ1v) is 8.66. The van der Waals surface area contributed by atoms with Gasteiger partial charge in [-0.25, -0.2) is 4.68 Å². The molecule has 2 heterocycles. The van der Waals surface area contributed by atoms with Crippen molar-refractivity contribution < 1.29 is 4.79 Å². The molecule has 0 radical (unpaired) electrons. The van der Waals surface area contributed by atoms with Gasteiger partial charge in [0.25, 0.3) is 0 Å². The lowest BCUT2D eigenvalue weighted by atomic mass is 10.1. The number of aryl methyl sites for hydroxylation is 1. The van der Waals surface area contributed by atoms with Crippen LogP contribution in [0.4, 0.5) is 0 Å². The smallest absolute Gasteiger partial charge is 0.227 e. The van der Waals surface area contributed by atoms with E-state index in [9.17, 15) is 4.79 Å². The second-order valence-electron chi connectivity index (χ2n) is 6.22. The van der Waals surface area contributed by atoms with Gasteiger partial charge in [-0.3, -0.25) is 4.79 Å². The van der Waals surface area contributed by atoms with Crippen LogP contribution >= 0.6 is 23.2 Å². The maximum atomic E-state index is 12.5. The second-order valence-corrected chi connectivity index (χ2v) is 7.07. The maximum Gasteiger partial charge on any atom is 0.227 e. The zero-order valence-electron chi connectivity index (χ0n) is 13.7. The first-order chi connectivity index (χ1) is 11.4. The fourth-order valence-electron chi connectivity index (χ4n) is 3.10. The number of benzene rings is 1. The van der Waals surface area contributed by atoms with E-state index in [2.05, 4.69) is 5.10 Å². The summed E-state index contributed by atoms with van der Waals surface area (Å²) in [6, 6.07) is 5.38. The summed E-state index contributed by atoms with van der Waals surface area (Å²) in [5.74, 6) is 0.0934. The highest BCUT2D eigenvalue weighted by molar-refractivity contribution is 6.35. The summed E-state index contributed by atoms with van der Waals surface area (Å²) in [5, 5.41) is 5.66. The van der Waals surface area contributed by atoms with Crippen molar-refractivity contribution >= 4 is 29.1 Å². The fourth-order valence-corrected chi connectivity index (χ4v) is 3.58. The van der Waals surface area contributed by atoms with Gasteiger partial charge in [0.2, 0.25) is 5.91 Å². The molecule has 5 nitrogen and oxygen atoms in total. The highest BCUT2D eigenvalue weighted by Crippen LogP contribution is 2.27. The van der Waals surface area contributed by atoms with E-state index in [0.29, 0.717) is 23.0 Å². The summed E-state index contributed by atoms with van der Waals surface area (Å²) in [5.41, 5.74) is 9.32. The summed E-state index contributed by atoms with van der Waals surface area (Å²) in [6.07, 6.45) is 1.19. The Kier molecular flexibility index (Phi) is 4.85. The van der Waals surface area contributed by atoms with E-state index < -0.39 is 0 Å². The number of hydrogen-bond donors (Lipinski definition) is 1. The topological polar surface area (TPSA) is 64.2 Å². The minimum atomic E-state index is 0.0896.